The van der Waals surface area contributed by atoms with Crippen molar-refractivity contribution in [1.29, 1.82) is 0 Å². The molecule has 0 aliphatic heterocycles. The first-order valence-corrected chi connectivity index (χ1v) is 7.68. The van der Waals surface area contributed by atoms with E-state index in [1.165, 1.54) is 0 Å². The van der Waals surface area contributed by atoms with Crippen LogP contribution < -0.4 is 10.2 Å². The molecular weight excluding hydrogens is 274 g/mol. The minimum atomic E-state index is -0.122. The Balaban J connectivity index is 2.12. The molecule has 0 spiro atoms. The van der Waals surface area contributed by atoms with Crippen molar-refractivity contribution in [2.24, 2.45) is 5.92 Å². The largest absolute Gasteiger partial charge is 0.350 e. The lowest BCUT2D eigenvalue weighted by Crippen LogP contribution is -2.28. The van der Waals surface area contributed by atoms with Gasteiger partial charge in [0.1, 0.15) is 5.69 Å². The average molecular weight is 297 g/mol. The van der Waals surface area contributed by atoms with Crippen molar-refractivity contribution >= 4 is 17.3 Å². The normalized spacial score (nSPS) is 10.5. The second kappa shape index (κ2) is 7.59. The predicted molar refractivity (Wildman–Crippen MR) is 90.5 cm³/mol. The van der Waals surface area contributed by atoms with Crippen LogP contribution in [0.2, 0.25) is 0 Å². The predicted octanol–water partition coefficient (Wildman–Crippen LogP) is 3.63. The fraction of sp³-hybridized carbons (Fsp3) is 0.333. The fourth-order valence-electron chi connectivity index (χ4n) is 2.19. The third-order valence-corrected chi connectivity index (χ3v) is 3.35. The molecule has 2 rings (SSSR count). The summed E-state index contributed by atoms with van der Waals surface area (Å²) in [6, 6.07) is 13.9. The zero-order chi connectivity index (χ0) is 15.9. The Morgan fingerprint density at radius 1 is 1.14 bits per heavy atom. The van der Waals surface area contributed by atoms with Crippen LogP contribution in [0.4, 0.5) is 11.4 Å². The quantitative estimate of drug-likeness (QED) is 0.885. The molecule has 0 atom stereocenters. The Morgan fingerprint density at radius 3 is 2.41 bits per heavy atom. The number of nitrogens with zero attached hydrogens (tertiary/aromatic N) is 2. The molecule has 0 unspecified atom stereocenters. The lowest BCUT2D eigenvalue weighted by Gasteiger charge is -2.23. The average Bonchev–Trinajstić information content (AvgIpc) is 2.55. The number of amides is 1. The second-order valence-electron chi connectivity index (χ2n) is 5.59. The van der Waals surface area contributed by atoms with Crippen molar-refractivity contribution in [2.75, 3.05) is 18.0 Å². The number of anilines is 2. The summed E-state index contributed by atoms with van der Waals surface area (Å²) in [5.74, 6) is 0.305. The van der Waals surface area contributed by atoms with Gasteiger partial charge in [-0.25, -0.2) is 4.98 Å². The molecule has 4 heteroatoms. The maximum absolute atomic E-state index is 12.0. The molecule has 0 radical (unpaired) electrons. The smallest absolute Gasteiger partial charge is 0.269 e. The summed E-state index contributed by atoms with van der Waals surface area (Å²) in [5.41, 5.74) is 2.55. The number of carbonyl (C=O) groups is 1. The molecule has 4 nitrogen and oxygen atoms in total. The highest BCUT2D eigenvalue weighted by Crippen LogP contribution is 2.23. The van der Waals surface area contributed by atoms with E-state index in [2.05, 4.69) is 48.1 Å². The maximum atomic E-state index is 12.0. The number of para-hydroxylation sites is 1. The number of carbonyl (C=O) groups excluding carboxylic acids is 1. The van der Waals surface area contributed by atoms with E-state index in [1.807, 2.05) is 24.3 Å². The number of aromatic nitrogens is 1. The van der Waals surface area contributed by atoms with Gasteiger partial charge in [-0.3, -0.25) is 4.79 Å². The van der Waals surface area contributed by atoms with Crippen LogP contribution in [0, 0.1) is 5.92 Å². The molecule has 0 bridgehead atoms. The first-order valence-electron chi connectivity index (χ1n) is 7.68. The van der Waals surface area contributed by atoms with Crippen molar-refractivity contribution in [3.05, 3.63) is 54.4 Å². The van der Waals surface area contributed by atoms with Crippen LogP contribution in [-0.2, 0) is 0 Å². The zero-order valence-electron chi connectivity index (χ0n) is 13.4. The van der Waals surface area contributed by atoms with Crippen LogP contribution in [0.15, 0.2) is 48.7 Å². The van der Waals surface area contributed by atoms with E-state index >= 15 is 0 Å². The van der Waals surface area contributed by atoms with Crippen LogP contribution in [-0.4, -0.2) is 24.0 Å². The molecule has 0 saturated carbocycles. The number of nitrogens with one attached hydrogen (secondary N) is 1. The van der Waals surface area contributed by atoms with E-state index in [-0.39, 0.29) is 5.91 Å². The summed E-state index contributed by atoms with van der Waals surface area (Å²) in [6.45, 7) is 7.72. The molecule has 0 aliphatic rings. The molecule has 1 aromatic heterocycles. The third kappa shape index (κ3) is 4.07. The summed E-state index contributed by atoms with van der Waals surface area (Å²) >= 11 is 0. The molecule has 22 heavy (non-hydrogen) atoms. The number of benzene rings is 1. The highest BCUT2D eigenvalue weighted by atomic mass is 16.1. The fourth-order valence-corrected chi connectivity index (χ4v) is 2.19. The van der Waals surface area contributed by atoms with Crippen molar-refractivity contribution in [2.45, 2.75) is 20.8 Å². The standard InChI is InChI=1S/C18H23N3O/c1-4-21(15-8-6-5-7-9-15)16-10-11-17(19-13-16)18(22)20-12-14(2)3/h5-11,13-14H,4,12H2,1-3H3,(H,20,22). The van der Waals surface area contributed by atoms with Gasteiger partial charge in [0.25, 0.3) is 5.91 Å². The van der Waals surface area contributed by atoms with Crippen LogP contribution in [0.1, 0.15) is 31.3 Å². The van der Waals surface area contributed by atoms with Crippen LogP contribution in [0.25, 0.3) is 0 Å². The summed E-state index contributed by atoms with van der Waals surface area (Å²) < 4.78 is 0. The lowest BCUT2D eigenvalue weighted by atomic mass is 10.2. The van der Waals surface area contributed by atoms with Gasteiger partial charge in [0.15, 0.2) is 0 Å². The SMILES string of the molecule is CCN(c1ccccc1)c1ccc(C(=O)NCC(C)C)nc1. The minimum absolute atomic E-state index is 0.122. The highest BCUT2D eigenvalue weighted by molar-refractivity contribution is 5.92. The van der Waals surface area contributed by atoms with Gasteiger partial charge in [-0.05, 0) is 37.1 Å². The van der Waals surface area contributed by atoms with Crippen molar-refractivity contribution in [3.63, 3.8) is 0 Å². The van der Waals surface area contributed by atoms with Gasteiger partial charge in [0.2, 0.25) is 0 Å². The summed E-state index contributed by atoms with van der Waals surface area (Å²) in [4.78, 5) is 18.4. The molecule has 0 fully saturated rings. The molecule has 1 aromatic carbocycles. The van der Waals surface area contributed by atoms with Gasteiger partial charge in [-0.15, -0.1) is 0 Å². The molecule has 0 saturated heterocycles. The Labute approximate surface area is 132 Å². The first kappa shape index (κ1) is 16.0. The van der Waals surface area contributed by atoms with Crippen LogP contribution >= 0.6 is 0 Å². The van der Waals surface area contributed by atoms with Gasteiger partial charge in [0, 0.05) is 18.8 Å². The van der Waals surface area contributed by atoms with Crippen molar-refractivity contribution in [3.8, 4) is 0 Å². The van der Waals surface area contributed by atoms with Crippen LogP contribution in [0.3, 0.4) is 0 Å². The molecular formula is C18H23N3O. The van der Waals surface area contributed by atoms with Crippen molar-refractivity contribution < 1.29 is 4.79 Å². The van der Waals surface area contributed by atoms with Gasteiger partial charge >= 0.3 is 0 Å². The summed E-state index contributed by atoms with van der Waals surface area (Å²) in [7, 11) is 0. The zero-order valence-corrected chi connectivity index (χ0v) is 13.4. The monoisotopic (exact) mass is 297 g/mol. The highest BCUT2D eigenvalue weighted by Gasteiger charge is 2.10. The molecule has 1 amide bonds. The van der Waals surface area contributed by atoms with E-state index in [9.17, 15) is 4.79 Å². The number of pyridine rings is 1. The molecule has 0 aliphatic carbocycles. The van der Waals surface area contributed by atoms with E-state index in [4.69, 9.17) is 0 Å². The number of hydrogen-bond donors (Lipinski definition) is 1. The topological polar surface area (TPSA) is 45.2 Å². The number of rotatable bonds is 6. The van der Waals surface area contributed by atoms with E-state index in [0.29, 0.717) is 18.2 Å². The lowest BCUT2D eigenvalue weighted by molar-refractivity contribution is 0.0944. The molecule has 116 valence electrons. The van der Waals surface area contributed by atoms with Gasteiger partial charge in [0.05, 0.1) is 11.9 Å². The Hall–Kier alpha value is -2.36. The first-order chi connectivity index (χ1) is 10.6. The maximum Gasteiger partial charge on any atom is 0.269 e. The van der Waals surface area contributed by atoms with Gasteiger partial charge in [-0.1, -0.05) is 32.0 Å². The van der Waals surface area contributed by atoms with Crippen molar-refractivity contribution in [1.82, 2.24) is 10.3 Å². The second-order valence-corrected chi connectivity index (χ2v) is 5.59. The third-order valence-electron chi connectivity index (χ3n) is 3.35. The van der Waals surface area contributed by atoms with Gasteiger partial charge < -0.3 is 10.2 Å². The molecule has 1 heterocycles. The van der Waals surface area contributed by atoms with E-state index in [1.54, 1.807) is 12.3 Å². The van der Waals surface area contributed by atoms with Crippen LogP contribution in [0.5, 0.6) is 0 Å². The Bertz CT molecular complexity index is 593. The Kier molecular flexibility index (Phi) is 5.53. The Morgan fingerprint density at radius 2 is 1.86 bits per heavy atom. The summed E-state index contributed by atoms with van der Waals surface area (Å²) in [5, 5.41) is 2.88. The number of hydrogen-bond acceptors (Lipinski definition) is 3. The minimum Gasteiger partial charge on any atom is -0.350 e. The van der Waals surface area contributed by atoms with Gasteiger partial charge in [-0.2, -0.15) is 0 Å². The summed E-state index contributed by atoms with van der Waals surface area (Å²) in [6.07, 6.45) is 1.75. The molecule has 2 aromatic rings. The van der Waals surface area contributed by atoms with E-state index in [0.717, 1.165) is 17.9 Å². The van der Waals surface area contributed by atoms with E-state index < -0.39 is 0 Å². The molecule has 1 N–H and O–H groups in total.